The molecule has 138 valence electrons. The van der Waals surface area contributed by atoms with Crippen LogP contribution in [0.2, 0.25) is 0 Å². The smallest absolute Gasteiger partial charge is 0.322 e. The number of aromatic nitrogens is 1. The van der Waals surface area contributed by atoms with E-state index < -0.39 is 17.7 Å². The minimum Gasteiger partial charge on any atom is -0.348 e. The van der Waals surface area contributed by atoms with Crippen molar-refractivity contribution in [1.29, 1.82) is 0 Å². The standard InChI is InChI=1S/C21H19F2N3O/c1-14-5-2-3-6-16(14)20-19-7-4-10-25(19)11-12-26(20)21(27)24-18-9-8-15(22)13-17(18)23/h2-10,13,20H,11-12H2,1H3,(H,24,27). The average Bonchev–Trinajstić information content (AvgIpc) is 3.12. The lowest BCUT2D eigenvalue weighted by Crippen LogP contribution is -2.44. The number of urea groups is 1. The number of anilines is 1. The van der Waals surface area contributed by atoms with Crippen molar-refractivity contribution in [1.82, 2.24) is 9.47 Å². The van der Waals surface area contributed by atoms with Gasteiger partial charge in [-0.15, -0.1) is 0 Å². The summed E-state index contributed by atoms with van der Waals surface area (Å²) in [7, 11) is 0. The van der Waals surface area contributed by atoms with Gasteiger partial charge in [-0.1, -0.05) is 24.3 Å². The molecule has 1 aromatic heterocycles. The van der Waals surface area contributed by atoms with E-state index in [4.69, 9.17) is 0 Å². The Morgan fingerprint density at radius 1 is 1.07 bits per heavy atom. The SMILES string of the molecule is Cc1ccccc1C1c2cccn2CCN1C(=O)Nc1ccc(F)cc1F. The number of rotatable bonds is 2. The van der Waals surface area contributed by atoms with Crippen LogP contribution in [0.5, 0.6) is 0 Å². The number of aryl methyl sites for hydroxylation is 1. The maximum absolute atomic E-state index is 14.0. The fraction of sp³-hybridized carbons (Fsp3) is 0.190. The van der Waals surface area contributed by atoms with Gasteiger partial charge in [0.25, 0.3) is 0 Å². The predicted molar refractivity (Wildman–Crippen MR) is 99.5 cm³/mol. The van der Waals surface area contributed by atoms with Crippen LogP contribution in [0.15, 0.2) is 60.8 Å². The Labute approximate surface area is 156 Å². The quantitative estimate of drug-likeness (QED) is 0.700. The molecule has 4 nitrogen and oxygen atoms in total. The molecule has 1 atom stereocenters. The molecule has 4 rings (SSSR count). The number of benzene rings is 2. The molecule has 1 unspecified atom stereocenters. The highest BCUT2D eigenvalue weighted by molar-refractivity contribution is 5.90. The van der Waals surface area contributed by atoms with E-state index in [1.807, 2.05) is 49.5 Å². The molecule has 0 fully saturated rings. The average molecular weight is 367 g/mol. The van der Waals surface area contributed by atoms with Crippen molar-refractivity contribution >= 4 is 11.7 Å². The van der Waals surface area contributed by atoms with Crippen LogP contribution >= 0.6 is 0 Å². The Morgan fingerprint density at radius 3 is 2.67 bits per heavy atom. The molecule has 0 saturated heterocycles. The normalized spacial score (nSPS) is 16.1. The molecule has 1 aliphatic rings. The molecule has 1 aliphatic heterocycles. The first-order chi connectivity index (χ1) is 13.0. The van der Waals surface area contributed by atoms with Gasteiger partial charge in [-0.05, 0) is 42.3 Å². The summed E-state index contributed by atoms with van der Waals surface area (Å²) in [6, 6.07) is 14.3. The van der Waals surface area contributed by atoms with Crippen molar-refractivity contribution in [2.24, 2.45) is 0 Å². The first kappa shape index (κ1) is 17.3. The van der Waals surface area contributed by atoms with E-state index in [1.165, 1.54) is 6.07 Å². The van der Waals surface area contributed by atoms with Gasteiger partial charge in [-0.25, -0.2) is 13.6 Å². The largest absolute Gasteiger partial charge is 0.348 e. The third-order valence-electron chi connectivity index (χ3n) is 4.95. The highest BCUT2D eigenvalue weighted by Gasteiger charge is 2.33. The number of halogens is 2. The lowest BCUT2D eigenvalue weighted by atomic mass is 9.96. The van der Waals surface area contributed by atoms with E-state index in [2.05, 4.69) is 9.88 Å². The molecule has 2 amide bonds. The summed E-state index contributed by atoms with van der Waals surface area (Å²) in [4.78, 5) is 14.7. The Morgan fingerprint density at radius 2 is 1.89 bits per heavy atom. The highest BCUT2D eigenvalue weighted by atomic mass is 19.1. The summed E-state index contributed by atoms with van der Waals surface area (Å²) < 4.78 is 29.2. The van der Waals surface area contributed by atoms with E-state index in [9.17, 15) is 13.6 Å². The minimum atomic E-state index is -0.795. The topological polar surface area (TPSA) is 37.3 Å². The molecule has 1 N–H and O–H groups in total. The Kier molecular flexibility index (Phi) is 4.39. The van der Waals surface area contributed by atoms with Crippen LogP contribution in [0, 0.1) is 18.6 Å². The summed E-state index contributed by atoms with van der Waals surface area (Å²) in [5.74, 6) is -1.48. The van der Waals surface area contributed by atoms with Crippen molar-refractivity contribution in [3.05, 3.63) is 89.2 Å². The van der Waals surface area contributed by atoms with Crippen molar-refractivity contribution < 1.29 is 13.6 Å². The molecule has 2 heterocycles. The summed E-state index contributed by atoms with van der Waals surface area (Å²) >= 11 is 0. The second-order valence-electron chi connectivity index (χ2n) is 6.63. The fourth-order valence-corrected chi connectivity index (χ4v) is 3.60. The maximum atomic E-state index is 14.0. The van der Waals surface area contributed by atoms with E-state index in [-0.39, 0.29) is 11.7 Å². The molecule has 0 radical (unpaired) electrons. The minimum absolute atomic E-state index is 0.0362. The van der Waals surface area contributed by atoms with Crippen LogP contribution in [0.1, 0.15) is 22.9 Å². The van der Waals surface area contributed by atoms with Gasteiger partial charge in [0.05, 0.1) is 11.7 Å². The van der Waals surface area contributed by atoms with Crippen molar-refractivity contribution in [2.75, 3.05) is 11.9 Å². The first-order valence-electron chi connectivity index (χ1n) is 8.78. The van der Waals surface area contributed by atoms with Gasteiger partial charge in [-0.2, -0.15) is 0 Å². The molecule has 27 heavy (non-hydrogen) atoms. The molecule has 0 aliphatic carbocycles. The molecule has 6 heteroatoms. The fourth-order valence-electron chi connectivity index (χ4n) is 3.60. The van der Waals surface area contributed by atoms with Gasteiger partial charge in [-0.3, -0.25) is 0 Å². The van der Waals surface area contributed by atoms with Gasteiger partial charge < -0.3 is 14.8 Å². The number of carbonyl (C=O) groups excluding carboxylic acids is 1. The van der Waals surface area contributed by atoms with E-state index in [1.54, 1.807) is 4.90 Å². The van der Waals surface area contributed by atoms with Crippen LogP contribution < -0.4 is 5.32 Å². The van der Waals surface area contributed by atoms with Crippen LogP contribution in [0.25, 0.3) is 0 Å². The van der Waals surface area contributed by atoms with Gasteiger partial charge in [0.2, 0.25) is 0 Å². The molecule has 3 aromatic rings. The number of hydrogen-bond donors (Lipinski definition) is 1. The van der Waals surface area contributed by atoms with Crippen LogP contribution in [-0.2, 0) is 6.54 Å². The number of nitrogens with one attached hydrogen (secondary N) is 1. The number of fused-ring (bicyclic) bond motifs is 1. The summed E-state index contributed by atoms with van der Waals surface area (Å²) in [6.07, 6.45) is 2.00. The Balaban J connectivity index is 1.70. The zero-order valence-electron chi connectivity index (χ0n) is 14.8. The predicted octanol–water partition coefficient (Wildman–Crippen LogP) is 4.71. The highest BCUT2D eigenvalue weighted by Crippen LogP contribution is 2.34. The van der Waals surface area contributed by atoms with Crippen LogP contribution in [0.3, 0.4) is 0 Å². The van der Waals surface area contributed by atoms with Gasteiger partial charge in [0, 0.05) is 31.0 Å². The first-order valence-corrected chi connectivity index (χ1v) is 8.78. The Bertz CT molecular complexity index is 999. The molecular formula is C21H19F2N3O. The van der Waals surface area contributed by atoms with Crippen molar-refractivity contribution in [3.63, 3.8) is 0 Å². The third-order valence-corrected chi connectivity index (χ3v) is 4.95. The summed E-state index contributed by atoms with van der Waals surface area (Å²) in [5.41, 5.74) is 3.06. The lowest BCUT2D eigenvalue weighted by Gasteiger charge is -2.38. The lowest BCUT2D eigenvalue weighted by molar-refractivity contribution is 0.181. The van der Waals surface area contributed by atoms with Crippen LogP contribution in [0.4, 0.5) is 19.3 Å². The molecular weight excluding hydrogens is 348 g/mol. The second-order valence-corrected chi connectivity index (χ2v) is 6.63. The Hall–Kier alpha value is -3.15. The molecule has 0 spiro atoms. The van der Waals surface area contributed by atoms with E-state index >= 15 is 0 Å². The van der Waals surface area contributed by atoms with Gasteiger partial charge in [0.15, 0.2) is 0 Å². The van der Waals surface area contributed by atoms with Gasteiger partial charge >= 0.3 is 6.03 Å². The van der Waals surface area contributed by atoms with E-state index in [0.29, 0.717) is 13.1 Å². The number of carbonyl (C=O) groups is 1. The van der Waals surface area contributed by atoms with E-state index in [0.717, 1.165) is 29.0 Å². The number of nitrogens with zero attached hydrogens (tertiary/aromatic N) is 2. The monoisotopic (exact) mass is 367 g/mol. The molecule has 0 saturated carbocycles. The maximum Gasteiger partial charge on any atom is 0.322 e. The molecule has 0 bridgehead atoms. The van der Waals surface area contributed by atoms with Crippen molar-refractivity contribution in [2.45, 2.75) is 19.5 Å². The third kappa shape index (κ3) is 3.18. The zero-order chi connectivity index (χ0) is 19.0. The number of amides is 2. The van der Waals surface area contributed by atoms with Gasteiger partial charge in [0.1, 0.15) is 11.6 Å². The summed E-state index contributed by atoms with van der Waals surface area (Å²) in [5, 5.41) is 2.59. The zero-order valence-corrected chi connectivity index (χ0v) is 14.8. The second kappa shape index (κ2) is 6.87. The molecule has 2 aromatic carbocycles. The number of hydrogen-bond acceptors (Lipinski definition) is 1. The summed E-state index contributed by atoms with van der Waals surface area (Å²) in [6.45, 7) is 3.15. The van der Waals surface area contributed by atoms with Crippen LogP contribution in [-0.4, -0.2) is 22.0 Å². The van der Waals surface area contributed by atoms with Crippen molar-refractivity contribution in [3.8, 4) is 0 Å².